The maximum absolute atomic E-state index is 12.2. The molecule has 0 radical (unpaired) electrons. The number of hydrogen-bond donors (Lipinski definition) is 1. The maximum Gasteiger partial charge on any atom is 0.323 e. The number of thioether (sulfide) groups is 1. The molecule has 1 aliphatic heterocycles. The second-order valence-electron chi connectivity index (χ2n) is 4.35. The molecule has 4 nitrogen and oxygen atoms in total. The molecule has 2 aromatic rings. The average Bonchev–Trinajstić information content (AvgIpc) is 2.94. The van der Waals surface area contributed by atoms with Gasteiger partial charge in [0.15, 0.2) is 0 Å². The number of carbonyl (C=O) groups excluding carboxylic acids is 1. The van der Waals surface area contributed by atoms with Crippen molar-refractivity contribution in [3.05, 3.63) is 40.1 Å². The summed E-state index contributed by atoms with van der Waals surface area (Å²) >= 11 is 7.78. The molecule has 1 N–H and O–H groups in total. The van der Waals surface area contributed by atoms with Gasteiger partial charge in [0.25, 0.3) is 5.91 Å². The van der Waals surface area contributed by atoms with Crippen LogP contribution < -0.4 is 0 Å². The third kappa shape index (κ3) is 2.85. The lowest BCUT2D eigenvalue weighted by Gasteiger charge is -2.09. The van der Waals surface area contributed by atoms with E-state index in [0.29, 0.717) is 4.91 Å². The van der Waals surface area contributed by atoms with E-state index in [1.54, 1.807) is 17.4 Å². The lowest BCUT2D eigenvalue weighted by molar-refractivity contribution is -0.140. The van der Waals surface area contributed by atoms with Crippen LogP contribution in [-0.4, -0.2) is 32.7 Å². The number of carboxylic acid groups (broad SMARTS) is 1. The molecule has 0 spiro atoms. The van der Waals surface area contributed by atoms with Gasteiger partial charge in [0.2, 0.25) is 0 Å². The first-order valence-electron chi connectivity index (χ1n) is 6.00. The van der Waals surface area contributed by atoms with Crippen LogP contribution in [0.25, 0.3) is 16.2 Å². The van der Waals surface area contributed by atoms with Crippen molar-refractivity contribution in [1.29, 1.82) is 0 Å². The molecule has 2 heterocycles. The van der Waals surface area contributed by atoms with E-state index in [9.17, 15) is 9.59 Å². The molecule has 0 aliphatic carbocycles. The smallest absolute Gasteiger partial charge is 0.323 e. The Hall–Kier alpha value is -1.70. The van der Waals surface area contributed by atoms with Crippen LogP contribution in [0.15, 0.2) is 35.2 Å². The van der Waals surface area contributed by atoms with Crippen molar-refractivity contribution in [2.45, 2.75) is 0 Å². The molecule has 3 rings (SSSR count). The van der Waals surface area contributed by atoms with Gasteiger partial charge >= 0.3 is 5.97 Å². The molecule has 7 heteroatoms. The van der Waals surface area contributed by atoms with Crippen LogP contribution in [0.1, 0.15) is 4.88 Å². The van der Waals surface area contributed by atoms with Crippen molar-refractivity contribution in [1.82, 2.24) is 4.90 Å². The first-order chi connectivity index (χ1) is 10.0. The molecule has 1 aliphatic rings. The van der Waals surface area contributed by atoms with E-state index >= 15 is 0 Å². The Kier molecular flexibility index (Phi) is 3.79. The number of rotatable bonds is 3. The van der Waals surface area contributed by atoms with Gasteiger partial charge in [-0.15, -0.1) is 11.3 Å². The van der Waals surface area contributed by atoms with Gasteiger partial charge < -0.3 is 5.11 Å². The summed E-state index contributed by atoms with van der Waals surface area (Å²) in [5.41, 5.74) is 0. The SMILES string of the molecule is O=C(O)CN1C(=O)C(=Cc2cc3ccccc3s2)SC1=S. The number of benzene rings is 1. The minimum Gasteiger partial charge on any atom is -0.480 e. The first kappa shape index (κ1) is 14.2. The van der Waals surface area contributed by atoms with Crippen LogP contribution in [0, 0.1) is 0 Å². The zero-order chi connectivity index (χ0) is 15.0. The van der Waals surface area contributed by atoms with E-state index in [-0.39, 0.29) is 10.2 Å². The van der Waals surface area contributed by atoms with Gasteiger partial charge in [0.1, 0.15) is 10.9 Å². The lowest BCUT2D eigenvalue weighted by atomic mass is 10.2. The van der Waals surface area contributed by atoms with E-state index in [1.165, 1.54) is 0 Å². The topological polar surface area (TPSA) is 57.6 Å². The minimum atomic E-state index is -1.07. The number of fused-ring (bicyclic) bond motifs is 1. The molecular weight excluding hydrogens is 326 g/mol. The molecule has 106 valence electrons. The Labute approximate surface area is 134 Å². The van der Waals surface area contributed by atoms with E-state index in [2.05, 4.69) is 0 Å². The van der Waals surface area contributed by atoms with Gasteiger partial charge in [-0.05, 0) is 23.6 Å². The van der Waals surface area contributed by atoms with Crippen LogP contribution in [-0.2, 0) is 9.59 Å². The van der Waals surface area contributed by atoms with Gasteiger partial charge in [-0.3, -0.25) is 14.5 Å². The van der Waals surface area contributed by atoms with Gasteiger partial charge in [-0.1, -0.05) is 42.2 Å². The predicted molar refractivity (Wildman–Crippen MR) is 89.3 cm³/mol. The largest absolute Gasteiger partial charge is 0.480 e. The van der Waals surface area contributed by atoms with Crippen molar-refractivity contribution in [3.8, 4) is 0 Å². The van der Waals surface area contributed by atoms with Crippen LogP contribution in [0.5, 0.6) is 0 Å². The Morgan fingerprint density at radius 2 is 2.14 bits per heavy atom. The first-order valence-corrected chi connectivity index (χ1v) is 8.04. The molecule has 0 saturated carbocycles. The Morgan fingerprint density at radius 3 is 2.86 bits per heavy atom. The van der Waals surface area contributed by atoms with Crippen LogP contribution >= 0.6 is 35.3 Å². The fraction of sp³-hybridized carbons (Fsp3) is 0.0714. The Bertz CT molecular complexity index is 761. The summed E-state index contributed by atoms with van der Waals surface area (Å²) in [6.45, 7) is -0.394. The monoisotopic (exact) mass is 335 g/mol. The molecule has 0 bridgehead atoms. The fourth-order valence-electron chi connectivity index (χ4n) is 1.97. The summed E-state index contributed by atoms with van der Waals surface area (Å²) in [5, 5.41) is 9.92. The summed E-state index contributed by atoms with van der Waals surface area (Å²) in [5.74, 6) is -1.42. The molecule has 1 aromatic carbocycles. The molecule has 1 saturated heterocycles. The third-order valence-corrected chi connectivity index (χ3v) is 5.33. The highest BCUT2D eigenvalue weighted by atomic mass is 32.2. The van der Waals surface area contributed by atoms with Gasteiger partial charge in [-0.25, -0.2) is 0 Å². The number of aliphatic carboxylic acids is 1. The van der Waals surface area contributed by atoms with E-state index < -0.39 is 12.5 Å². The Balaban J connectivity index is 1.91. The van der Waals surface area contributed by atoms with Gasteiger partial charge in [-0.2, -0.15) is 0 Å². The number of carbonyl (C=O) groups is 2. The van der Waals surface area contributed by atoms with E-state index in [0.717, 1.165) is 31.6 Å². The van der Waals surface area contributed by atoms with Gasteiger partial charge in [0.05, 0.1) is 4.91 Å². The molecule has 0 unspecified atom stereocenters. The minimum absolute atomic E-state index is 0.287. The Morgan fingerprint density at radius 1 is 1.38 bits per heavy atom. The van der Waals surface area contributed by atoms with Crippen LogP contribution in [0.2, 0.25) is 0 Å². The normalized spacial score (nSPS) is 17.1. The highest BCUT2D eigenvalue weighted by Gasteiger charge is 2.33. The molecule has 0 atom stereocenters. The number of nitrogens with zero attached hydrogens (tertiary/aromatic N) is 1. The molecule has 1 fully saturated rings. The lowest BCUT2D eigenvalue weighted by Crippen LogP contribution is -2.33. The third-order valence-electron chi connectivity index (χ3n) is 2.88. The predicted octanol–water partition coefficient (Wildman–Crippen LogP) is 3.19. The van der Waals surface area contributed by atoms with Crippen molar-refractivity contribution < 1.29 is 14.7 Å². The number of thiophene rings is 1. The zero-order valence-corrected chi connectivity index (χ0v) is 13.1. The van der Waals surface area contributed by atoms with E-state index in [4.69, 9.17) is 17.3 Å². The van der Waals surface area contributed by atoms with E-state index in [1.807, 2.05) is 30.3 Å². The number of hydrogen-bond acceptors (Lipinski definition) is 5. The van der Waals surface area contributed by atoms with Crippen molar-refractivity contribution in [2.75, 3.05) is 6.54 Å². The summed E-state index contributed by atoms with van der Waals surface area (Å²) in [6.07, 6.45) is 1.77. The molecule has 1 amide bonds. The second-order valence-corrected chi connectivity index (χ2v) is 7.14. The zero-order valence-electron chi connectivity index (χ0n) is 10.6. The quantitative estimate of drug-likeness (QED) is 0.689. The maximum atomic E-state index is 12.2. The molecular formula is C14H9NO3S3. The second kappa shape index (κ2) is 5.59. The number of amides is 1. The standard InChI is InChI=1S/C14H9NO3S3/c16-12(17)7-15-13(18)11(21-14(15)19)6-9-5-8-3-1-2-4-10(8)20-9/h1-6H,7H2,(H,16,17). The summed E-state index contributed by atoms with van der Waals surface area (Å²) in [6, 6.07) is 9.97. The van der Waals surface area contributed by atoms with Crippen molar-refractivity contribution in [2.24, 2.45) is 0 Å². The highest BCUT2D eigenvalue weighted by Crippen LogP contribution is 2.35. The number of thiocarbonyl (C=S) groups is 1. The summed E-state index contributed by atoms with van der Waals surface area (Å²) in [7, 11) is 0. The number of carboxylic acids is 1. The molecule has 1 aromatic heterocycles. The van der Waals surface area contributed by atoms with Crippen molar-refractivity contribution in [3.63, 3.8) is 0 Å². The average molecular weight is 335 g/mol. The summed E-state index contributed by atoms with van der Waals surface area (Å²) < 4.78 is 1.43. The van der Waals surface area contributed by atoms with Crippen LogP contribution in [0.3, 0.4) is 0 Å². The van der Waals surface area contributed by atoms with Gasteiger partial charge in [0, 0.05) is 9.58 Å². The van der Waals surface area contributed by atoms with Crippen LogP contribution in [0.4, 0.5) is 0 Å². The van der Waals surface area contributed by atoms with Crippen molar-refractivity contribution >= 4 is 67.7 Å². The molecule has 21 heavy (non-hydrogen) atoms. The highest BCUT2D eigenvalue weighted by molar-refractivity contribution is 8.26. The summed E-state index contributed by atoms with van der Waals surface area (Å²) in [4.78, 5) is 25.4. The fourth-order valence-corrected chi connectivity index (χ4v) is 4.30.